The molecular weight excluding hydrogens is 372 g/mol. The molecule has 0 saturated carbocycles. The zero-order chi connectivity index (χ0) is 18.2. The molecule has 5 nitrogen and oxygen atoms in total. The van der Waals surface area contributed by atoms with Crippen LogP contribution >= 0.6 is 15.9 Å². The van der Waals surface area contributed by atoms with Crippen LogP contribution < -0.4 is 20.1 Å². The second-order valence-corrected chi connectivity index (χ2v) is 7.58. The summed E-state index contributed by atoms with van der Waals surface area (Å²) in [5, 5.41) is 6.26. The monoisotopic (exact) mass is 400 g/mol. The van der Waals surface area contributed by atoms with Gasteiger partial charge in [0.1, 0.15) is 0 Å². The van der Waals surface area contributed by atoms with Gasteiger partial charge in [0.15, 0.2) is 18.1 Å². The van der Waals surface area contributed by atoms with E-state index in [0.717, 1.165) is 29.5 Å². The number of nitrogens with one attached hydrogen (secondary N) is 2. The van der Waals surface area contributed by atoms with Crippen molar-refractivity contribution < 1.29 is 14.3 Å². The highest BCUT2D eigenvalue weighted by Crippen LogP contribution is 2.36. The van der Waals surface area contributed by atoms with Gasteiger partial charge >= 0.3 is 0 Å². The molecule has 0 fully saturated rings. The molecule has 0 aliphatic carbocycles. The third-order valence-electron chi connectivity index (χ3n) is 3.19. The fourth-order valence-electron chi connectivity index (χ4n) is 2.14. The number of halogens is 1. The second kappa shape index (κ2) is 9.89. The second-order valence-electron chi connectivity index (χ2n) is 6.73. The molecule has 0 heterocycles. The first kappa shape index (κ1) is 20.8. The number of hydrogen-bond acceptors (Lipinski definition) is 4. The molecule has 1 rings (SSSR count). The standard InChI is InChI=1S/C18H29BrN2O3/c1-6-7-8-20-11-13-9-14(19)17(15(10-13)23-5)24-12-16(22)21-18(2,3)4/h9-10,20H,6-8,11-12H2,1-5H3,(H,21,22). The van der Waals surface area contributed by atoms with Crippen LogP contribution in [0.2, 0.25) is 0 Å². The molecule has 0 saturated heterocycles. The Hall–Kier alpha value is -1.27. The van der Waals surface area contributed by atoms with Crippen LogP contribution in [0, 0.1) is 0 Å². The van der Waals surface area contributed by atoms with E-state index in [1.165, 1.54) is 6.42 Å². The number of hydrogen-bond donors (Lipinski definition) is 2. The molecule has 0 aliphatic rings. The average molecular weight is 401 g/mol. The summed E-state index contributed by atoms with van der Waals surface area (Å²) in [6.45, 7) is 9.66. The first-order valence-electron chi connectivity index (χ1n) is 8.27. The Morgan fingerprint density at radius 2 is 2.00 bits per heavy atom. The van der Waals surface area contributed by atoms with Crippen molar-refractivity contribution in [3.8, 4) is 11.5 Å². The fourth-order valence-corrected chi connectivity index (χ4v) is 2.75. The highest BCUT2D eigenvalue weighted by Gasteiger charge is 2.17. The quantitative estimate of drug-likeness (QED) is 0.621. The van der Waals surface area contributed by atoms with E-state index in [0.29, 0.717) is 11.5 Å². The first-order valence-corrected chi connectivity index (χ1v) is 9.07. The minimum absolute atomic E-state index is 0.0552. The van der Waals surface area contributed by atoms with Crippen molar-refractivity contribution in [1.82, 2.24) is 10.6 Å². The van der Waals surface area contributed by atoms with Gasteiger partial charge in [-0.3, -0.25) is 4.79 Å². The third-order valence-corrected chi connectivity index (χ3v) is 3.78. The zero-order valence-corrected chi connectivity index (χ0v) is 16.9. The van der Waals surface area contributed by atoms with Crippen molar-refractivity contribution >= 4 is 21.8 Å². The predicted octanol–water partition coefficient (Wildman–Crippen LogP) is 3.64. The number of rotatable bonds is 9. The van der Waals surface area contributed by atoms with Gasteiger partial charge in [0.25, 0.3) is 5.91 Å². The molecule has 1 aromatic rings. The van der Waals surface area contributed by atoms with Gasteiger partial charge in [-0.15, -0.1) is 0 Å². The van der Waals surface area contributed by atoms with Crippen molar-refractivity contribution in [3.63, 3.8) is 0 Å². The van der Waals surface area contributed by atoms with Gasteiger partial charge in [0, 0.05) is 12.1 Å². The number of benzene rings is 1. The van der Waals surface area contributed by atoms with Gasteiger partial charge in [-0.2, -0.15) is 0 Å². The van der Waals surface area contributed by atoms with E-state index in [4.69, 9.17) is 9.47 Å². The van der Waals surface area contributed by atoms with E-state index < -0.39 is 0 Å². The maximum atomic E-state index is 11.9. The first-order chi connectivity index (χ1) is 11.3. The Morgan fingerprint density at radius 1 is 1.29 bits per heavy atom. The Balaban J connectivity index is 2.72. The lowest BCUT2D eigenvalue weighted by Crippen LogP contribution is -2.43. The summed E-state index contributed by atoms with van der Waals surface area (Å²) in [4.78, 5) is 11.9. The molecule has 2 N–H and O–H groups in total. The molecule has 0 aliphatic heterocycles. The van der Waals surface area contributed by atoms with Gasteiger partial charge < -0.3 is 20.1 Å². The van der Waals surface area contributed by atoms with Crippen LogP contribution in [0.4, 0.5) is 0 Å². The summed E-state index contributed by atoms with van der Waals surface area (Å²) in [5.74, 6) is 0.987. The summed E-state index contributed by atoms with van der Waals surface area (Å²) in [6.07, 6.45) is 2.33. The van der Waals surface area contributed by atoms with E-state index in [1.54, 1.807) is 7.11 Å². The van der Waals surface area contributed by atoms with E-state index >= 15 is 0 Å². The lowest BCUT2D eigenvalue weighted by Gasteiger charge is -2.21. The number of carbonyl (C=O) groups excluding carboxylic acids is 1. The molecule has 136 valence electrons. The summed E-state index contributed by atoms with van der Waals surface area (Å²) in [7, 11) is 1.60. The lowest BCUT2D eigenvalue weighted by atomic mass is 10.1. The van der Waals surface area contributed by atoms with Gasteiger partial charge in [0.05, 0.1) is 11.6 Å². The third kappa shape index (κ3) is 7.53. The number of amides is 1. The Kier molecular flexibility index (Phi) is 8.56. The van der Waals surface area contributed by atoms with Gasteiger partial charge in [-0.25, -0.2) is 0 Å². The Morgan fingerprint density at radius 3 is 2.58 bits per heavy atom. The number of methoxy groups -OCH3 is 1. The Labute approximate surface area is 153 Å². The van der Waals surface area contributed by atoms with E-state index in [9.17, 15) is 4.79 Å². The number of unbranched alkanes of at least 4 members (excludes halogenated alkanes) is 1. The highest BCUT2D eigenvalue weighted by molar-refractivity contribution is 9.10. The summed E-state index contributed by atoms with van der Waals surface area (Å²) in [5.41, 5.74) is 0.816. The lowest BCUT2D eigenvalue weighted by molar-refractivity contribution is -0.124. The largest absolute Gasteiger partial charge is 0.493 e. The Bertz CT molecular complexity index is 542. The maximum absolute atomic E-state index is 11.9. The molecule has 0 aromatic heterocycles. The number of carbonyl (C=O) groups is 1. The molecular formula is C18H29BrN2O3. The van der Waals surface area contributed by atoms with Gasteiger partial charge in [-0.1, -0.05) is 13.3 Å². The molecule has 24 heavy (non-hydrogen) atoms. The van der Waals surface area contributed by atoms with E-state index in [-0.39, 0.29) is 18.1 Å². The van der Waals surface area contributed by atoms with Crippen molar-refractivity contribution in [1.29, 1.82) is 0 Å². The minimum atomic E-state index is -0.282. The molecule has 0 atom stereocenters. The van der Waals surface area contributed by atoms with Crippen LogP contribution in [-0.4, -0.2) is 31.7 Å². The van der Waals surface area contributed by atoms with Gasteiger partial charge in [-0.05, 0) is 67.4 Å². The van der Waals surface area contributed by atoms with Crippen LogP contribution in [0.15, 0.2) is 16.6 Å². The predicted molar refractivity (Wildman–Crippen MR) is 101 cm³/mol. The highest BCUT2D eigenvalue weighted by atomic mass is 79.9. The molecule has 0 radical (unpaired) electrons. The number of ether oxygens (including phenoxy) is 2. The van der Waals surface area contributed by atoms with Crippen LogP contribution in [0.5, 0.6) is 11.5 Å². The fraction of sp³-hybridized carbons (Fsp3) is 0.611. The topological polar surface area (TPSA) is 59.6 Å². The van der Waals surface area contributed by atoms with E-state index in [2.05, 4.69) is 33.5 Å². The summed E-state index contributed by atoms with van der Waals surface area (Å²) < 4.78 is 11.8. The SMILES string of the molecule is CCCCNCc1cc(Br)c(OCC(=O)NC(C)(C)C)c(OC)c1. The minimum Gasteiger partial charge on any atom is -0.493 e. The van der Waals surface area contributed by atoms with Crippen molar-refractivity contribution in [3.05, 3.63) is 22.2 Å². The molecule has 0 spiro atoms. The van der Waals surface area contributed by atoms with Crippen molar-refractivity contribution in [2.24, 2.45) is 0 Å². The molecule has 0 unspecified atom stereocenters. The molecule has 0 bridgehead atoms. The maximum Gasteiger partial charge on any atom is 0.258 e. The average Bonchev–Trinajstić information content (AvgIpc) is 2.48. The zero-order valence-electron chi connectivity index (χ0n) is 15.3. The normalized spacial score (nSPS) is 11.2. The van der Waals surface area contributed by atoms with Crippen LogP contribution in [0.1, 0.15) is 46.1 Å². The van der Waals surface area contributed by atoms with Crippen LogP contribution in [0.3, 0.4) is 0 Å². The van der Waals surface area contributed by atoms with Crippen molar-refractivity contribution in [2.75, 3.05) is 20.3 Å². The molecule has 1 aromatic carbocycles. The molecule has 6 heteroatoms. The smallest absolute Gasteiger partial charge is 0.258 e. The van der Waals surface area contributed by atoms with E-state index in [1.807, 2.05) is 32.9 Å². The van der Waals surface area contributed by atoms with Crippen molar-refractivity contribution in [2.45, 2.75) is 52.6 Å². The van der Waals surface area contributed by atoms with Crippen LogP contribution in [-0.2, 0) is 11.3 Å². The summed E-state index contributed by atoms with van der Waals surface area (Å²) >= 11 is 3.51. The molecule has 1 amide bonds. The van der Waals surface area contributed by atoms with Crippen LogP contribution in [0.25, 0.3) is 0 Å². The van der Waals surface area contributed by atoms with Gasteiger partial charge in [0.2, 0.25) is 0 Å². The summed E-state index contributed by atoms with van der Waals surface area (Å²) in [6, 6.07) is 3.92.